The van der Waals surface area contributed by atoms with Crippen LogP contribution in [0.1, 0.15) is 33.5 Å². The number of nitrogens with zero attached hydrogens (tertiary/aromatic N) is 3. The lowest BCUT2D eigenvalue weighted by Gasteiger charge is -2.17. The quantitative estimate of drug-likeness (QED) is 0.391. The van der Waals surface area contributed by atoms with E-state index in [-0.39, 0.29) is 11.1 Å². The van der Waals surface area contributed by atoms with Crippen LogP contribution in [0.25, 0.3) is 22.4 Å². The summed E-state index contributed by atoms with van der Waals surface area (Å²) in [5.41, 5.74) is 3.38. The molecule has 8 nitrogen and oxygen atoms in total. The van der Waals surface area contributed by atoms with E-state index in [1.54, 1.807) is 26.2 Å². The number of aromatic nitrogens is 3. The topological polar surface area (TPSA) is 95.2 Å². The van der Waals surface area contributed by atoms with Gasteiger partial charge in [0.2, 0.25) is 5.88 Å². The second kappa shape index (κ2) is 10.1. The van der Waals surface area contributed by atoms with Gasteiger partial charge >= 0.3 is 5.69 Å². The maximum Gasteiger partial charge on any atom is 0.330 e. The van der Waals surface area contributed by atoms with Gasteiger partial charge in [0.1, 0.15) is 11.4 Å². The number of amides is 1. The number of aryl methyl sites for hydroxylation is 2. The molecule has 0 spiro atoms. The summed E-state index contributed by atoms with van der Waals surface area (Å²) in [4.78, 5) is 42.2. The number of anilines is 1. The zero-order valence-corrected chi connectivity index (χ0v) is 22.6. The molecule has 0 bridgehead atoms. The summed E-state index contributed by atoms with van der Waals surface area (Å²) >= 11 is 6.88. The minimum atomic E-state index is -0.733. The average Bonchev–Trinajstić information content (AvgIpc) is 3.40. The Morgan fingerprint density at radius 1 is 1.13 bits per heavy atom. The molecule has 0 aliphatic heterocycles. The maximum absolute atomic E-state index is 15.3. The predicted octanol–water partition coefficient (Wildman–Crippen LogP) is 4.66. The van der Waals surface area contributed by atoms with Crippen molar-refractivity contribution in [2.45, 2.75) is 26.2 Å². The summed E-state index contributed by atoms with van der Waals surface area (Å²) in [7, 11) is 4.33. The molecule has 1 aliphatic carbocycles. The molecule has 2 aromatic carbocycles. The molecule has 1 aliphatic rings. The van der Waals surface area contributed by atoms with Crippen LogP contribution >= 0.6 is 11.6 Å². The van der Waals surface area contributed by atoms with Crippen molar-refractivity contribution in [3.05, 3.63) is 96.5 Å². The van der Waals surface area contributed by atoms with Crippen LogP contribution in [-0.4, -0.2) is 27.1 Å². The summed E-state index contributed by atoms with van der Waals surface area (Å²) < 4.78 is 22.8. The van der Waals surface area contributed by atoms with Crippen LogP contribution in [0.2, 0.25) is 5.02 Å². The lowest BCUT2D eigenvalue weighted by atomic mass is 9.95. The second-order valence-electron chi connectivity index (χ2n) is 9.52. The first-order valence-electron chi connectivity index (χ1n) is 12.4. The van der Waals surface area contributed by atoms with E-state index in [2.05, 4.69) is 10.3 Å². The van der Waals surface area contributed by atoms with Crippen LogP contribution in [-0.2, 0) is 26.9 Å². The number of carbonyl (C=O) groups is 1. The van der Waals surface area contributed by atoms with Crippen molar-refractivity contribution in [2.24, 2.45) is 14.1 Å². The Labute approximate surface area is 228 Å². The summed E-state index contributed by atoms with van der Waals surface area (Å²) in [6, 6.07) is 9.96. The van der Waals surface area contributed by atoms with Gasteiger partial charge < -0.3 is 14.6 Å². The lowest BCUT2D eigenvalue weighted by Crippen LogP contribution is -2.40. The zero-order valence-electron chi connectivity index (χ0n) is 21.9. The number of methoxy groups -OCH3 is 1. The molecule has 0 saturated carbocycles. The third-order valence-corrected chi connectivity index (χ3v) is 7.55. The molecule has 2 heterocycles. The highest BCUT2D eigenvalue weighted by atomic mass is 35.5. The largest absolute Gasteiger partial charge is 0.481 e. The van der Waals surface area contributed by atoms with E-state index in [1.807, 2.05) is 12.1 Å². The number of hydrogen-bond acceptors (Lipinski definition) is 5. The van der Waals surface area contributed by atoms with Crippen LogP contribution in [0.5, 0.6) is 5.88 Å². The van der Waals surface area contributed by atoms with E-state index < -0.39 is 23.0 Å². The molecule has 0 unspecified atom stereocenters. The van der Waals surface area contributed by atoms with Gasteiger partial charge in [0.25, 0.3) is 11.5 Å². The Morgan fingerprint density at radius 2 is 1.87 bits per heavy atom. The Balaban J connectivity index is 1.57. The lowest BCUT2D eigenvalue weighted by molar-refractivity contribution is 0.102. The van der Waals surface area contributed by atoms with E-state index in [1.165, 1.54) is 32.4 Å². The maximum atomic E-state index is 15.3. The number of fused-ring (bicyclic) bond motifs is 1. The fourth-order valence-corrected chi connectivity index (χ4v) is 5.39. The van der Waals surface area contributed by atoms with Crippen LogP contribution in [0.15, 0.2) is 52.2 Å². The van der Waals surface area contributed by atoms with E-state index in [0.717, 1.165) is 39.5 Å². The van der Waals surface area contributed by atoms with E-state index in [4.69, 9.17) is 16.3 Å². The fourth-order valence-electron chi connectivity index (χ4n) is 5.07. The number of benzene rings is 2. The van der Waals surface area contributed by atoms with Gasteiger partial charge in [-0.15, -0.1) is 0 Å². The minimum absolute atomic E-state index is 0.209. The molecule has 5 rings (SSSR count). The molecule has 0 radical (unpaired) electrons. The molecule has 0 saturated heterocycles. The van der Waals surface area contributed by atoms with Crippen LogP contribution in [0.3, 0.4) is 0 Å². The van der Waals surface area contributed by atoms with E-state index >= 15 is 4.39 Å². The first-order chi connectivity index (χ1) is 18.6. The summed E-state index contributed by atoms with van der Waals surface area (Å²) in [5, 5.41) is 2.99. The van der Waals surface area contributed by atoms with Gasteiger partial charge in [-0.1, -0.05) is 29.8 Å². The first-order valence-corrected chi connectivity index (χ1v) is 12.7. The number of hydrogen-bond donors (Lipinski definition) is 1. The van der Waals surface area contributed by atoms with Crippen molar-refractivity contribution < 1.29 is 13.9 Å². The Morgan fingerprint density at radius 3 is 2.62 bits per heavy atom. The minimum Gasteiger partial charge on any atom is -0.481 e. The van der Waals surface area contributed by atoms with Crippen molar-refractivity contribution in [3.8, 4) is 28.3 Å². The fraction of sp³-hybridized carbons (Fsp3) is 0.241. The average molecular weight is 549 g/mol. The van der Waals surface area contributed by atoms with Gasteiger partial charge in [-0.05, 0) is 55.5 Å². The second-order valence-corrected chi connectivity index (χ2v) is 9.90. The van der Waals surface area contributed by atoms with Crippen LogP contribution in [0, 0.1) is 12.7 Å². The van der Waals surface area contributed by atoms with Gasteiger partial charge in [-0.2, -0.15) is 0 Å². The number of ether oxygens (including phenoxy) is 1. The summed E-state index contributed by atoms with van der Waals surface area (Å²) in [5.74, 6) is -0.679. The number of carbonyl (C=O) groups excluding carboxylic acids is 1. The molecular formula is C29H26ClFN4O4. The number of rotatable bonds is 5. The Bertz CT molecular complexity index is 1780. The highest BCUT2D eigenvalue weighted by Gasteiger charge is 2.23. The van der Waals surface area contributed by atoms with Crippen molar-refractivity contribution >= 4 is 23.2 Å². The van der Waals surface area contributed by atoms with Crippen molar-refractivity contribution in [1.82, 2.24) is 14.1 Å². The van der Waals surface area contributed by atoms with Gasteiger partial charge in [-0.3, -0.25) is 14.2 Å². The van der Waals surface area contributed by atoms with Crippen LogP contribution in [0.4, 0.5) is 10.1 Å². The van der Waals surface area contributed by atoms with E-state index in [0.29, 0.717) is 39.0 Å². The Kier molecular flexibility index (Phi) is 6.86. The smallest absolute Gasteiger partial charge is 0.330 e. The highest BCUT2D eigenvalue weighted by molar-refractivity contribution is 6.36. The molecule has 2 aromatic heterocycles. The van der Waals surface area contributed by atoms with Crippen LogP contribution < -0.4 is 21.3 Å². The third-order valence-electron chi connectivity index (χ3n) is 7.14. The number of pyridine rings is 1. The molecule has 1 N–H and O–H groups in total. The molecule has 4 aromatic rings. The number of halogens is 2. The molecule has 10 heteroatoms. The molecule has 1 amide bonds. The predicted molar refractivity (Wildman–Crippen MR) is 148 cm³/mol. The summed E-state index contributed by atoms with van der Waals surface area (Å²) in [6.07, 6.45) is 4.04. The standard InChI is InChI=1S/C29H26ClFN4O4/c1-15-22(32-26(36)20-14-34(2)29(38)35(3)28(20)37)12-11-21(31)24(15)19-10-6-9-18(25(19)30)23-13-16-7-5-8-17(16)27(33-23)39-4/h6,9-14H,5,7-8H2,1-4H3,(H,32,36). The van der Waals surface area contributed by atoms with Crippen molar-refractivity contribution in [3.63, 3.8) is 0 Å². The van der Waals surface area contributed by atoms with E-state index in [9.17, 15) is 14.4 Å². The Hall–Kier alpha value is -4.24. The normalized spacial score (nSPS) is 12.4. The third kappa shape index (κ3) is 4.52. The monoisotopic (exact) mass is 548 g/mol. The molecule has 39 heavy (non-hydrogen) atoms. The molecular weight excluding hydrogens is 523 g/mol. The number of nitrogens with one attached hydrogen (secondary N) is 1. The zero-order chi connectivity index (χ0) is 28.0. The highest BCUT2D eigenvalue weighted by Crippen LogP contribution is 2.41. The molecule has 0 fully saturated rings. The van der Waals surface area contributed by atoms with Crippen molar-refractivity contribution in [2.75, 3.05) is 12.4 Å². The van der Waals surface area contributed by atoms with Gasteiger partial charge in [-0.25, -0.2) is 14.2 Å². The molecule has 200 valence electrons. The van der Waals surface area contributed by atoms with Crippen molar-refractivity contribution in [1.29, 1.82) is 0 Å². The van der Waals surface area contributed by atoms with Gasteiger partial charge in [0.05, 0.1) is 17.8 Å². The van der Waals surface area contributed by atoms with Gasteiger partial charge in [0, 0.05) is 48.2 Å². The first kappa shape index (κ1) is 26.4. The van der Waals surface area contributed by atoms with Gasteiger partial charge in [0.15, 0.2) is 0 Å². The summed E-state index contributed by atoms with van der Waals surface area (Å²) in [6.45, 7) is 1.66. The molecule has 0 atom stereocenters. The SMILES string of the molecule is COc1nc(-c2cccc(-c3c(F)ccc(NC(=O)c4cn(C)c(=O)n(C)c4=O)c3C)c2Cl)cc2c1CCC2.